The SMILES string of the molecule is CC1(C)CC(N)CC(C)(C)N1C(=O)Nc1ccccc1I. The van der Waals surface area contributed by atoms with Crippen LogP contribution >= 0.6 is 22.6 Å². The number of nitrogens with one attached hydrogen (secondary N) is 1. The topological polar surface area (TPSA) is 58.4 Å². The smallest absolute Gasteiger partial charge is 0.322 e. The first-order valence-electron chi connectivity index (χ1n) is 7.25. The summed E-state index contributed by atoms with van der Waals surface area (Å²) >= 11 is 2.23. The van der Waals surface area contributed by atoms with Gasteiger partial charge in [0.25, 0.3) is 0 Å². The molecule has 3 N–H and O–H groups in total. The third kappa shape index (κ3) is 3.51. The van der Waals surface area contributed by atoms with Crippen LogP contribution in [0, 0.1) is 3.57 Å². The Bertz CT molecular complexity index is 524. The zero-order chi connectivity index (χ0) is 15.8. The van der Waals surface area contributed by atoms with Gasteiger partial charge in [-0.25, -0.2) is 4.79 Å². The fourth-order valence-corrected chi connectivity index (χ4v) is 4.16. The van der Waals surface area contributed by atoms with Crippen LogP contribution in [0.1, 0.15) is 40.5 Å². The molecule has 1 fully saturated rings. The zero-order valence-electron chi connectivity index (χ0n) is 13.1. The summed E-state index contributed by atoms with van der Waals surface area (Å²) in [5.74, 6) is 0. The molecule has 4 nitrogen and oxygen atoms in total. The highest BCUT2D eigenvalue weighted by Crippen LogP contribution is 2.38. The number of likely N-dealkylation sites (tertiary alicyclic amines) is 1. The van der Waals surface area contributed by atoms with Gasteiger partial charge < -0.3 is 16.0 Å². The van der Waals surface area contributed by atoms with E-state index in [1.54, 1.807) is 0 Å². The summed E-state index contributed by atoms with van der Waals surface area (Å²) in [7, 11) is 0. The van der Waals surface area contributed by atoms with Gasteiger partial charge in [-0.2, -0.15) is 0 Å². The van der Waals surface area contributed by atoms with E-state index in [0.717, 1.165) is 22.1 Å². The van der Waals surface area contributed by atoms with E-state index in [-0.39, 0.29) is 23.2 Å². The molecule has 0 saturated carbocycles. The molecule has 1 saturated heterocycles. The predicted octanol–water partition coefficient (Wildman–Crippen LogP) is 3.80. The lowest BCUT2D eigenvalue weighted by atomic mass is 9.77. The summed E-state index contributed by atoms with van der Waals surface area (Å²) in [4.78, 5) is 14.8. The lowest BCUT2D eigenvalue weighted by molar-refractivity contribution is 0.00876. The van der Waals surface area contributed by atoms with Crippen LogP contribution in [0.4, 0.5) is 10.5 Å². The van der Waals surface area contributed by atoms with E-state index < -0.39 is 0 Å². The van der Waals surface area contributed by atoms with Crippen molar-refractivity contribution in [3.63, 3.8) is 0 Å². The number of amides is 2. The third-order valence-corrected chi connectivity index (χ3v) is 4.99. The Morgan fingerprint density at radius 3 is 2.29 bits per heavy atom. The molecule has 21 heavy (non-hydrogen) atoms. The molecule has 0 bridgehead atoms. The second-order valence-corrected chi connectivity index (χ2v) is 8.20. The molecule has 2 rings (SSSR count). The highest BCUT2D eigenvalue weighted by atomic mass is 127. The molecule has 1 aromatic rings. The van der Waals surface area contributed by atoms with E-state index in [1.807, 2.05) is 29.2 Å². The van der Waals surface area contributed by atoms with Gasteiger partial charge >= 0.3 is 6.03 Å². The van der Waals surface area contributed by atoms with E-state index in [2.05, 4.69) is 55.6 Å². The molecule has 0 spiro atoms. The summed E-state index contributed by atoms with van der Waals surface area (Å²) in [5, 5.41) is 3.04. The first kappa shape index (κ1) is 16.5. The van der Waals surface area contributed by atoms with Crippen LogP contribution in [0.25, 0.3) is 0 Å². The van der Waals surface area contributed by atoms with Crippen molar-refractivity contribution in [1.29, 1.82) is 0 Å². The maximum Gasteiger partial charge on any atom is 0.322 e. The molecule has 2 amide bonds. The molecule has 5 heteroatoms. The van der Waals surface area contributed by atoms with Gasteiger partial charge in [0.05, 0.1) is 5.69 Å². The number of hydrogen-bond acceptors (Lipinski definition) is 2. The van der Waals surface area contributed by atoms with Crippen molar-refractivity contribution in [1.82, 2.24) is 4.90 Å². The zero-order valence-corrected chi connectivity index (χ0v) is 15.3. The average molecular weight is 401 g/mol. The van der Waals surface area contributed by atoms with Crippen LogP contribution in [-0.2, 0) is 0 Å². The quantitative estimate of drug-likeness (QED) is 0.704. The van der Waals surface area contributed by atoms with E-state index in [9.17, 15) is 4.79 Å². The van der Waals surface area contributed by atoms with Crippen LogP contribution in [0.3, 0.4) is 0 Å². The number of anilines is 1. The van der Waals surface area contributed by atoms with Crippen LogP contribution in [0.5, 0.6) is 0 Å². The Balaban J connectivity index is 2.26. The second kappa shape index (κ2) is 5.76. The van der Waals surface area contributed by atoms with E-state index >= 15 is 0 Å². The summed E-state index contributed by atoms with van der Waals surface area (Å²) < 4.78 is 1.03. The summed E-state index contributed by atoms with van der Waals surface area (Å²) in [5.41, 5.74) is 6.50. The molecule has 1 aromatic carbocycles. The van der Waals surface area contributed by atoms with Crippen LogP contribution < -0.4 is 11.1 Å². The van der Waals surface area contributed by atoms with Crippen LogP contribution in [-0.4, -0.2) is 28.1 Å². The molecule has 0 aromatic heterocycles. The Morgan fingerprint density at radius 1 is 1.24 bits per heavy atom. The lowest BCUT2D eigenvalue weighted by Crippen LogP contribution is -2.66. The molecular formula is C16H24IN3O. The Kier molecular flexibility index (Phi) is 4.54. The van der Waals surface area contributed by atoms with Gasteiger partial charge in [0.15, 0.2) is 0 Å². The van der Waals surface area contributed by atoms with E-state index in [1.165, 1.54) is 0 Å². The van der Waals surface area contributed by atoms with Crippen molar-refractivity contribution in [2.75, 3.05) is 5.32 Å². The highest BCUT2D eigenvalue weighted by Gasteiger charge is 2.47. The minimum Gasteiger partial charge on any atom is -0.328 e. The number of benzene rings is 1. The monoisotopic (exact) mass is 401 g/mol. The maximum absolute atomic E-state index is 12.8. The largest absolute Gasteiger partial charge is 0.328 e. The minimum atomic E-state index is -0.258. The van der Waals surface area contributed by atoms with Crippen LogP contribution in [0.15, 0.2) is 24.3 Å². The van der Waals surface area contributed by atoms with Crippen molar-refractivity contribution < 1.29 is 4.79 Å². The van der Waals surface area contributed by atoms with Crippen molar-refractivity contribution in [2.45, 2.75) is 57.7 Å². The number of nitrogens with zero attached hydrogens (tertiary/aromatic N) is 1. The number of halogens is 1. The number of carbonyl (C=O) groups is 1. The van der Waals surface area contributed by atoms with Gasteiger partial charge in [0.1, 0.15) is 0 Å². The number of hydrogen-bond donors (Lipinski definition) is 2. The maximum atomic E-state index is 12.8. The van der Waals surface area contributed by atoms with E-state index in [0.29, 0.717) is 0 Å². The minimum absolute atomic E-state index is 0.0546. The summed E-state index contributed by atoms with van der Waals surface area (Å²) in [6.07, 6.45) is 1.63. The lowest BCUT2D eigenvalue weighted by Gasteiger charge is -2.54. The second-order valence-electron chi connectivity index (χ2n) is 7.04. The van der Waals surface area contributed by atoms with Gasteiger partial charge in [-0.3, -0.25) is 0 Å². The van der Waals surface area contributed by atoms with Gasteiger partial charge in [0, 0.05) is 20.7 Å². The van der Waals surface area contributed by atoms with Crippen molar-refractivity contribution in [3.8, 4) is 0 Å². The molecular weight excluding hydrogens is 377 g/mol. The fraction of sp³-hybridized carbons (Fsp3) is 0.562. The van der Waals surface area contributed by atoms with Crippen molar-refractivity contribution in [2.24, 2.45) is 5.73 Å². The first-order valence-corrected chi connectivity index (χ1v) is 8.33. The Hall–Kier alpha value is -0.820. The molecule has 1 aliphatic rings. The Labute approximate surface area is 140 Å². The number of nitrogens with two attached hydrogens (primary N) is 1. The Morgan fingerprint density at radius 2 is 1.76 bits per heavy atom. The number of carbonyl (C=O) groups excluding carboxylic acids is 1. The highest BCUT2D eigenvalue weighted by molar-refractivity contribution is 14.1. The van der Waals surface area contributed by atoms with Gasteiger partial charge in [-0.05, 0) is 75.3 Å². The van der Waals surface area contributed by atoms with Crippen LogP contribution in [0.2, 0.25) is 0 Å². The predicted molar refractivity (Wildman–Crippen MR) is 95.4 cm³/mol. The fourth-order valence-electron chi connectivity index (χ4n) is 3.64. The molecule has 0 atom stereocenters. The van der Waals surface area contributed by atoms with Gasteiger partial charge in [0.2, 0.25) is 0 Å². The molecule has 116 valence electrons. The summed E-state index contributed by atoms with van der Waals surface area (Å²) in [6.45, 7) is 8.35. The number of rotatable bonds is 1. The molecule has 1 heterocycles. The number of piperidine rings is 1. The summed E-state index contributed by atoms with van der Waals surface area (Å²) in [6, 6.07) is 7.89. The standard InChI is InChI=1S/C16H24IN3O/c1-15(2)9-11(18)10-16(3,4)20(15)14(21)19-13-8-6-5-7-12(13)17/h5-8,11H,9-10,18H2,1-4H3,(H,19,21). The number of para-hydroxylation sites is 1. The molecule has 1 aliphatic heterocycles. The van der Waals surface area contributed by atoms with E-state index in [4.69, 9.17) is 5.73 Å². The molecule has 0 radical (unpaired) electrons. The van der Waals surface area contributed by atoms with Gasteiger partial charge in [-0.1, -0.05) is 12.1 Å². The molecule has 0 aliphatic carbocycles. The van der Waals surface area contributed by atoms with Crippen molar-refractivity contribution >= 4 is 34.3 Å². The van der Waals surface area contributed by atoms with Gasteiger partial charge in [-0.15, -0.1) is 0 Å². The average Bonchev–Trinajstić information content (AvgIpc) is 2.27. The number of urea groups is 1. The first-order chi connectivity index (χ1) is 9.63. The van der Waals surface area contributed by atoms with Crippen molar-refractivity contribution in [3.05, 3.63) is 27.8 Å². The third-order valence-electron chi connectivity index (χ3n) is 4.05. The molecule has 0 unspecified atom stereocenters. The normalized spacial score (nSPS) is 21.1.